The van der Waals surface area contributed by atoms with Crippen molar-refractivity contribution in [3.05, 3.63) is 99.6 Å². The summed E-state index contributed by atoms with van der Waals surface area (Å²) in [7, 11) is 0. The number of nitro groups is 1. The van der Waals surface area contributed by atoms with Crippen LogP contribution in [0.4, 0.5) is 17.1 Å². The van der Waals surface area contributed by atoms with Crippen LogP contribution in [0.25, 0.3) is 0 Å². The van der Waals surface area contributed by atoms with Gasteiger partial charge in [-0.1, -0.05) is 36.4 Å². The number of para-hydroxylation sites is 2. The Hall–Kier alpha value is -4.86. The first-order valence-electron chi connectivity index (χ1n) is 10.2. The summed E-state index contributed by atoms with van der Waals surface area (Å²) in [5, 5.41) is 16.6. The highest BCUT2D eigenvalue weighted by molar-refractivity contribution is 6.25. The molecule has 170 valence electrons. The number of nitrogens with zero attached hydrogens (tertiary/aromatic N) is 2. The van der Waals surface area contributed by atoms with E-state index in [2.05, 4.69) is 10.6 Å². The first-order chi connectivity index (χ1) is 16.3. The molecule has 0 fully saturated rings. The van der Waals surface area contributed by atoms with Crippen LogP contribution in [0, 0.1) is 10.1 Å². The van der Waals surface area contributed by atoms with Gasteiger partial charge in [-0.15, -0.1) is 0 Å². The Labute approximate surface area is 193 Å². The average molecular weight is 458 g/mol. The van der Waals surface area contributed by atoms with Crippen molar-refractivity contribution in [2.45, 2.75) is 13.0 Å². The van der Waals surface area contributed by atoms with Crippen molar-refractivity contribution in [2.75, 3.05) is 10.6 Å². The first-order valence-corrected chi connectivity index (χ1v) is 10.2. The third-order valence-corrected chi connectivity index (χ3v) is 5.36. The highest BCUT2D eigenvalue weighted by atomic mass is 16.6. The van der Waals surface area contributed by atoms with E-state index in [1.165, 1.54) is 19.1 Å². The van der Waals surface area contributed by atoms with E-state index in [1.54, 1.807) is 54.6 Å². The molecular weight excluding hydrogens is 440 g/mol. The molecule has 1 unspecified atom stereocenters. The molecule has 0 saturated heterocycles. The molecule has 0 spiro atoms. The van der Waals surface area contributed by atoms with Crippen molar-refractivity contribution in [3.8, 4) is 0 Å². The van der Waals surface area contributed by atoms with E-state index >= 15 is 0 Å². The fourth-order valence-electron chi connectivity index (χ4n) is 3.63. The van der Waals surface area contributed by atoms with Gasteiger partial charge in [0.05, 0.1) is 21.9 Å². The Bertz CT molecular complexity index is 1340. The highest BCUT2D eigenvalue weighted by Gasteiger charge is 2.44. The lowest BCUT2D eigenvalue weighted by Gasteiger charge is -2.22. The summed E-state index contributed by atoms with van der Waals surface area (Å²) in [4.78, 5) is 62.4. The molecule has 0 radical (unpaired) electrons. The molecule has 0 aliphatic carbocycles. The van der Waals surface area contributed by atoms with E-state index in [1.807, 2.05) is 0 Å². The Kier molecular flexibility index (Phi) is 5.88. The summed E-state index contributed by atoms with van der Waals surface area (Å²) < 4.78 is 0. The molecule has 4 amide bonds. The minimum atomic E-state index is -1.27. The van der Waals surface area contributed by atoms with Crippen LogP contribution in [0.5, 0.6) is 0 Å². The predicted octanol–water partition coefficient (Wildman–Crippen LogP) is 3.47. The second-order valence-electron chi connectivity index (χ2n) is 7.47. The molecule has 3 aromatic carbocycles. The van der Waals surface area contributed by atoms with Gasteiger partial charge in [0.1, 0.15) is 11.6 Å². The minimum Gasteiger partial charge on any atom is -0.322 e. The summed E-state index contributed by atoms with van der Waals surface area (Å²) >= 11 is 0. The Balaban J connectivity index is 1.55. The van der Waals surface area contributed by atoms with Crippen LogP contribution < -0.4 is 10.6 Å². The van der Waals surface area contributed by atoms with Gasteiger partial charge < -0.3 is 10.6 Å². The normalized spacial score (nSPS) is 13.3. The van der Waals surface area contributed by atoms with E-state index in [9.17, 15) is 29.3 Å². The molecule has 1 atom stereocenters. The number of fused-ring (bicyclic) bond motifs is 1. The molecule has 0 saturated carbocycles. The number of nitro benzene ring substituents is 1. The Morgan fingerprint density at radius 1 is 0.853 bits per heavy atom. The van der Waals surface area contributed by atoms with Crippen molar-refractivity contribution in [1.29, 1.82) is 0 Å². The van der Waals surface area contributed by atoms with Crippen LogP contribution in [-0.2, 0) is 4.79 Å². The number of nitrogens with one attached hydrogen (secondary N) is 2. The second kappa shape index (κ2) is 8.94. The quantitative estimate of drug-likeness (QED) is 0.329. The fourth-order valence-corrected chi connectivity index (χ4v) is 3.63. The summed E-state index contributed by atoms with van der Waals surface area (Å²) in [6, 6.07) is 17.4. The molecule has 1 heterocycles. The van der Waals surface area contributed by atoms with Gasteiger partial charge in [-0.3, -0.25) is 34.2 Å². The lowest BCUT2D eigenvalue weighted by molar-refractivity contribution is -0.385. The van der Waals surface area contributed by atoms with Gasteiger partial charge >= 0.3 is 0 Å². The van der Waals surface area contributed by atoms with Gasteiger partial charge in [-0.25, -0.2) is 0 Å². The largest absolute Gasteiger partial charge is 0.322 e. The molecule has 10 heteroatoms. The molecule has 3 aromatic rings. The van der Waals surface area contributed by atoms with E-state index in [0.29, 0.717) is 16.2 Å². The maximum atomic E-state index is 13.0. The number of hydrogen-bond acceptors (Lipinski definition) is 6. The van der Waals surface area contributed by atoms with Crippen molar-refractivity contribution < 1.29 is 24.1 Å². The molecule has 34 heavy (non-hydrogen) atoms. The molecule has 2 N–H and O–H groups in total. The number of imide groups is 1. The number of anilines is 2. The third kappa shape index (κ3) is 3.99. The van der Waals surface area contributed by atoms with Crippen molar-refractivity contribution in [2.24, 2.45) is 0 Å². The number of rotatable bonds is 6. The van der Waals surface area contributed by atoms with Gasteiger partial charge in [0, 0.05) is 11.6 Å². The summed E-state index contributed by atoms with van der Waals surface area (Å²) in [5.41, 5.74) is 0.0210. The molecule has 1 aliphatic heterocycles. The van der Waals surface area contributed by atoms with E-state index in [0.717, 1.165) is 6.07 Å². The zero-order chi connectivity index (χ0) is 24.4. The van der Waals surface area contributed by atoms with Gasteiger partial charge in [-0.05, 0) is 37.3 Å². The smallest absolute Gasteiger partial charge is 0.282 e. The highest BCUT2D eigenvalue weighted by Crippen LogP contribution is 2.32. The first kappa shape index (κ1) is 22.3. The predicted molar refractivity (Wildman–Crippen MR) is 123 cm³/mol. The molecular formula is C24H18N4O6. The lowest BCUT2D eigenvalue weighted by atomic mass is 10.1. The van der Waals surface area contributed by atoms with Crippen LogP contribution >= 0.6 is 0 Å². The van der Waals surface area contributed by atoms with Crippen LogP contribution in [0.3, 0.4) is 0 Å². The maximum Gasteiger partial charge on any atom is 0.282 e. The molecule has 0 bridgehead atoms. The SMILES string of the molecule is CC(C(=O)Nc1ccccc1NC(=O)c1ccccc1)N1C(=O)c2cccc([N+](=O)[O-])c2C1=O. The standard InChI is InChI=1S/C24H18N4O6/c1-14(27-23(31)16-10-7-13-19(28(33)34)20(16)24(27)32)21(29)25-17-11-5-6-12-18(17)26-22(30)15-8-3-2-4-9-15/h2-14H,1H3,(H,25,29)(H,26,30). The van der Waals surface area contributed by atoms with Crippen LogP contribution in [0.2, 0.25) is 0 Å². The number of hydrogen-bond donors (Lipinski definition) is 2. The van der Waals surface area contributed by atoms with E-state index in [-0.39, 0.29) is 22.7 Å². The second-order valence-corrected chi connectivity index (χ2v) is 7.47. The van der Waals surface area contributed by atoms with E-state index in [4.69, 9.17) is 0 Å². The summed E-state index contributed by atoms with van der Waals surface area (Å²) in [5.74, 6) is -2.81. The Morgan fingerprint density at radius 3 is 2.12 bits per heavy atom. The zero-order valence-electron chi connectivity index (χ0n) is 17.8. The van der Waals surface area contributed by atoms with Crippen molar-refractivity contribution in [1.82, 2.24) is 4.90 Å². The number of carbonyl (C=O) groups is 4. The summed E-state index contributed by atoms with van der Waals surface area (Å²) in [6.07, 6.45) is 0. The van der Waals surface area contributed by atoms with Crippen molar-refractivity contribution >= 4 is 40.7 Å². The molecule has 0 aromatic heterocycles. The van der Waals surface area contributed by atoms with Crippen LogP contribution in [0.1, 0.15) is 38.0 Å². The van der Waals surface area contributed by atoms with Gasteiger partial charge in [0.25, 0.3) is 23.4 Å². The molecule has 10 nitrogen and oxygen atoms in total. The third-order valence-electron chi connectivity index (χ3n) is 5.36. The minimum absolute atomic E-state index is 0.130. The van der Waals surface area contributed by atoms with Gasteiger partial charge in [0.2, 0.25) is 5.91 Å². The topological polar surface area (TPSA) is 139 Å². The number of benzene rings is 3. The molecule has 4 rings (SSSR count). The molecule has 1 aliphatic rings. The van der Waals surface area contributed by atoms with Gasteiger partial charge in [0.15, 0.2) is 0 Å². The number of amides is 4. The van der Waals surface area contributed by atoms with Crippen LogP contribution in [0.15, 0.2) is 72.8 Å². The van der Waals surface area contributed by atoms with E-state index < -0.39 is 34.4 Å². The van der Waals surface area contributed by atoms with Crippen molar-refractivity contribution in [3.63, 3.8) is 0 Å². The maximum absolute atomic E-state index is 13.0. The Morgan fingerprint density at radius 2 is 1.47 bits per heavy atom. The zero-order valence-corrected chi connectivity index (χ0v) is 17.8. The van der Waals surface area contributed by atoms with Gasteiger partial charge in [-0.2, -0.15) is 0 Å². The fraction of sp³-hybridized carbons (Fsp3) is 0.0833. The average Bonchev–Trinajstić information content (AvgIpc) is 3.10. The monoisotopic (exact) mass is 458 g/mol. The van der Waals surface area contributed by atoms with Crippen LogP contribution in [-0.4, -0.2) is 39.5 Å². The number of carbonyl (C=O) groups excluding carboxylic acids is 4. The lowest BCUT2D eigenvalue weighted by Crippen LogP contribution is -2.45. The summed E-state index contributed by atoms with van der Waals surface area (Å²) in [6.45, 7) is 1.34.